The Morgan fingerprint density at radius 3 is 1.11 bits per heavy atom. The predicted molar refractivity (Wildman–Crippen MR) is 136 cm³/mol. The van der Waals surface area contributed by atoms with Crippen molar-refractivity contribution in [2.45, 2.75) is 0 Å². The summed E-state index contributed by atoms with van der Waals surface area (Å²) in [4.78, 5) is 0. The van der Waals surface area contributed by atoms with Crippen LogP contribution in [0.3, 0.4) is 0 Å². The lowest BCUT2D eigenvalue weighted by Gasteiger charge is -1.99. The third kappa shape index (κ3) is 1.65. The molecule has 0 radical (unpaired) electrons. The number of fused-ring (bicyclic) bond motifs is 15. The summed E-state index contributed by atoms with van der Waals surface area (Å²) in [6.45, 7) is 0. The summed E-state index contributed by atoms with van der Waals surface area (Å²) >= 11 is 11.6. The van der Waals surface area contributed by atoms with Gasteiger partial charge in [0.2, 0.25) is 0 Å². The topological polar surface area (TPSA) is 0 Å². The molecule has 0 atom stereocenters. The normalized spacial score (nSPS) is 13.0. The zero-order valence-electron chi connectivity index (χ0n) is 14.1. The molecular weight excluding hydrogens is 457 g/mol. The summed E-state index contributed by atoms with van der Waals surface area (Å²) in [7, 11) is 0. The van der Waals surface area contributed by atoms with Crippen LogP contribution in [0.2, 0.25) is 0 Å². The molecule has 0 fully saturated rings. The lowest BCUT2D eigenvalue weighted by Crippen LogP contribution is -1.68. The van der Waals surface area contributed by atoms with E-state index in [1.54, 1.807) is 0 Å². The molecule has 0 aliphatic heterocycles. The molecule has 0 saturated carbocycles. The Labute approximate surface area is 182 Å². The molecule has 0 aliphatic rings. The summed E-state index contributed by atoms with van der Waals surface area (Å²) in [5, 5.41) is 17.7. The van der Waals surface area contributed by atoms with Crippen LogP contribution in [0, 0.1) is 0 Å². The minimum absolute atomic E-state index is 1.42. The summed E-state index contributed by atoms with van der Waals surface area (Å²) in [6, 6.07) is 9.21. The maximum absolute atomic E-state index is 2.31. The second-order valence-electron chi connectivity index (χ2n) is 6.92. The first-order chi connectivity index (χ1) is 13.9. The van der Waals surface area contributed by atoms with E-state index in [0.29, 0.717) is 0 Å². The molecule has 132 valence electrons. The van der Waals surface area contributed by atoms with Gasteiger partial charge in [-0.15, -0.1) is 68.0 Å². The molecule has 0 nitrogen and oxygen atoms in total. The quantitative estimate of drug-likeness (QED) is 0.209. The van der Waals surface area contributed by atoms with Crippen LogP contribution in [0.15, 0.2) is 45.8 Å². The van der Waals surface area contributed by atoms with Gasteiger partial charge in [0.1, 0.15) is 0 Å². The molecule has 8 rings (SSSR count). The fourth-order valence-electron chi connectivity index (χ4n) is 4.49. The molecule has 28 heavy (non-hydrogen) atoms. The Morgan fingerprint density at radius 2 is 0.679 bits per heavy atom. The lowest BCUT2D eigenvalue weighted by atomic mass is 10.1. The number of thiophene rings is 6. The van der Waals surface area contributed by atoms with Gasteiger partial charge in [-0.05, 0) is 45.8 Å². The predicted octanol–water partition coefficient (Wildman–Crippen LogP) is 10.1. The van der Waals surface area contributed by atoms with Crippen LogP contribution in [0.1, 0.15) is 0 Å². The summed E-state index contributed by atoms with van der Waals surface area (Å²) < 4.78 is 11.8. The molecule has 6 heteroatoms. The van der Waals surface area contributed by atoms with Crippen molar-refractivity contribution in [3.05, 3.63) is 45.8 Å². The van der Waals surface area contributed by atoms with Crippen molar-refractivity contribution in [3.63, 3.8) is 0 Å². The molecule has 0 N–H and O–H groups in total. The number of hydrogen-bond acceptors (Lipinski definition) is 6. The number of hydrogen-bond donors (Lipinski definition) is 0. The highest BCUT2D eigenvalue weighted by molar-refractivity contribution is 7.41. The minimum atomic E-state index is 1.42. The van der Waals surface area contributed by atoms with E-state index < -0.39 is 0 Å². The second-order valence-corrected chi connectivity index (χ2v) is 12.6. The van der Waals surface area contributed by atoms with E-state index >= 15 is 0 Å². The summed E-state index contributed by atoms with van der Waals surface area (Å²) in [5.41, 5.74) is 0. The average molecular weight is 465 g/mol. The Morgan fingerprint density at radius 1 is 0.357 bits per heavy atom. The molecular formula is C22H8S6. The Balaban J connectivity index is 1.77. The maximum Gasteiger partial charge on any atom is 0.0558 e. The van der Waals surface area contributed by atoms with Gasteiger partial charge >= 0.3 is 0 Å². The largest absolute Gasteiger partial charge is 0.143 e. The molecule has 0 spiro atoms. The Bertz CT molecular complexity index is 1730. The van der Waals surface area contributed by atoms with E-state index in [9.17, 15) is 0 Å². The van der Waals surface area contributed by atoms with Gasteiger partial charge in [-0.2, -0.15) is 0 Å². The smallest absolute Gasteiger partial charge is 0.0558 e. The van der Waals surface area contributed by atoms with Crippen molar-refractivity contribution < 1.29 is 0 Å². The van der Waals surface area contributed by atoms with Crippen LogP contribution in [-0.4, -0.2) is 0 Å². The Hall–Kier alpha value is -1.54. The number of benzene rings is 2. The van der Waals surface area contributed by atoms with Crippen molar-refractivity contribution in [2.24, 2.45) is 0 Å². The van der Waals surface area contributed by atoms with Crippen molar-refractivity contribution in [3.8, 4) is 0 Å². The lowest BCUT2D eigenvalue weighted by molar-refractivity contribution is 2.13. The Kier molecular flexibility index (Phi) is 2.81. The van der Waals surface area contributed by atoms with Crippen LogP contribution in [0.25, 0.3) is 69.9 Å². The van der Waals surface area contributed by atoms with Crippen molar-refractivity contribution in [1.82, 2.24) is 0 Å². The van der Waals surface area contributed by atoms with Crippen LogP contribution in [0.4, 0.5) is 0 Å². The van der Waals surface area contributed by atoms with E-state index in [1.165, 1.54) is 69.9 Å². The van der Waals surface area contributed by atoms with Gasteiger partial charge in [-0.3, -0.25) is 0 Å². The number of rotatable bonds is 0. The molecule has 0 saturated heterocycles. The van der Waals surface area contributed by atoms with Gasteiger partial charge in [-0.1, -0.05) is 0 Å². The van der Waals surface area contributed by atoms with Gasteiger partial charge in [0.05, 0.1) is 28.2 Å². The maximum atomic E-state index is 2.31. The second kappa shape index (κ2) is 5.14. The van der Waals surface area contributed by atoms with E-state index in [-0.39, 0.29) is 0 Å². The van der Waals surface area contributed by atoms with Crippen LogP contribution in [-0.2, 0) is 0 Å². The SMILES string of the molecule is c1cc2c3ccsc3c3c(sc4c3sc3c5sccc5c5ccsc5c34)c2s1. The summed E-state index contributed by atoms with van der Waals surface area (Å²) in [6.07, 6.45) is 0. The zero-order chi connectivity index (χ0) is 18.0. The highest BCUT2D eigenvalue weighted by Gasteiger charge is 2.22. The first-order valence-electron chi connectivity index (χ1n) is 8.81. The minimum Gasteiger partial charge on any atom is -0.143 e. The zero-order valence-corrected chi connectivity index (χ0v) is 19.0. The fourth-order valence-corrected chi connectivity index (χ4v) is 11.7. The molecule has 0 unspecified atom stereocenters. The highest BCUT2D eigenvalue weighted by atomic mass is 32.1. The highest BCUT2D eigenvalue weighted by Crippen LogP contribution is 2.55. The van der Waals surface area contributed by atoms with Gasteiger partial charge < -0.3 is 0 Å². The molecule has 6 aromatic heterocycles. The van der Waals surface area contributed by atoms with Crippen LogP contribution in [0.5, 0.6) is 0 Å². The first-order valence-corrected chi connectivity index (χ1v) is 14.0. The average Bonchev–Trinajstić information content (AvgIpc) is 3.51. The van der Waals surface area contributed by atoms with E-state index in [4.69, 9.17) is 0 Å². The first kappa shape index (κ1) is 15.3. The third-order valence-electron chi connectivity index (χ3n) is 5.63. The van der Waals surface area contributed by atoms with Gasteiger partial charge in [0, 0.05) is 41.7 Å². The van der Waals surface area contributed by atoms with E-state index in [2.05, 4.69) is 45.8 Å². The van der Waals surface area contributed by atoms with Crippen molar-refractivity contribution >= 4 is 138 Å². The van der Waals surface area contributed by atoms with Crippen molar-refractivity contribution in [2.75, 3.05) is 0 Å². The molecule has 0 amide bonds. The van der Waals surface area contributed by atoms with Gasteiger partial charge in [0.25, 0.3) is 0 Å². The third-order valence-corrected chi connectivity index (χ3v) is 12.2. The van der Waals surface area contributed by atoms with E-state index in [0.717, 1.165) is 0 Å². The van der Waals surface area contributed by atoms with Gasteiger partial charge in [0.15, 0.2) is 0 Å². The molecule has 8 aromatic rings. The molecule has 2 aromatic carbocycles. The van der Waals surface area contributed by atoms with Gasteiger partial charge in [-0.25, -0.2) is 0 Å². The van der Waals surface area contributed by atoms with Crippen LogP contribution >= 0.6 is 68.0 Å². The standard InChI is InChI=1S/C22H8S6/c1-5-23-15-9(1)11-3-7-25-17(11)19-13(15)21-22(27-19)14-16-10(2-6-24-16)12-4-8-26-18(12)20(14)28-21/h1-8H. The van der Waals surface area contributed by atoms with Crippen molar-refractivity contribution in [1.29, 1.82) is 0 Å². The van der Waals surface area contributed by atoms with E-state index in [1.807, 2.05) is 68.0 Å². The fraction of sp³-hybridized carbons (Fsp3) is 0. The molecule has 6 heterocycles. The molecule has 0 bridgehead atoms. The van der Waals surface area contributed by atoms with Crippen LogP contribution < -0.4 is 0 Å². The monoisotopic (exact) mass is 464 g/mol. The molecule has 0 aliphatic carbocycles. The summed E-state index contributed by atoms with van der Waals surface area (Å²) in [5.74, 6) is 0.